The Morgan fingerprint density at radius 1 is 1.35 bits per heavy atom. The van der Waals surface area contributed by atoms with Crippen molar-refractivity contribution in [1.82, 2.24) is 14.7 Å². The van der Waals surface area contributed by atoms with Crippen LogP contribution in [0.25, 0.3) is 0 Å². The van der Waals surface area contributed by atoms with E-state index in [9.17, 15) is 4.79 Å². The van der Waals surface area contributed by atoms with Crippen LogP contribution in [0.4, 0.5) is 0 Å². The van der Waals surface area contributed by atoms with Crippen LogP contribution in [0, 0.1) is 19.8 Å². The molecule has 144 valence electrons. The number of nitrogens with one attached hydrogen (secondary N) is 1. The lowest BCUT2D eigenvalue weighted by molar-refractivity contribution is -0.907. The Balaban J connectivity index is 1.72. The lowest BCUT2D eigenvalue weighted by atomic mass is 9.93. The highest BCUT2D eigenvalue weighted by Crippen LogP contribution is 2.21. The number of allylic oxidation sites excluding steroid dienone is 2. The summed E-state index contributed by atoms with van der Waals surface area (Å²) in [5.74, 6) is 0.719. The summed E-state index contributed by atoms with van der Waals surface area (Å²) < 4.78 is 7.28. The first-order chi connectivity index (χ1) is 12.6. The Morgan fingerprint density at radius 3 is 2.73 bits per heavy atom. The van der Waals surface area contributed by atoms with Gasteiger partial charge in [-0.15, -0.1) is 0 Å². The van der Waals surface area contributed by atoms with Crippen molar-refractivity contribution < 1.29 is 14.4 Å². The van der Waals surface area contributed by atoms with Crippen molar-refractivity contribution >= 4 is 5.91 Å². The zero-order chi connectivity index (χ0) is 18.5. The Labute approximate surface area is 156 Å². The molecule has 1 N–H and O–H groups in total. The third-order valence-electron chi connectivity index (χ3n) is 5.80. The van der Waals surface area contributed by atoms with Crippen molar-refractivity contribution in [3.8, 4) is 0 Å². The number of hydrogen-bond donors (Lipinski definition) is 1. The molecule has 1 aliphatic carbocycles. The van der Waals surface area contributed by atoms with E-state index in [0.29, 0.717) is 5.92 Å². The molecule has 6 heteroatoms. The summed E-state index contributed by atoms with van der Waals surface area (Å²) >= 11 is 0. The molecule has 1 aliphatic heterocycles. The number of amides is 1. The van der Waals surface area contributed by atoms with E-state index in [1.165, 1.54) is 11.3 Å². The molecule has 1 fully saturated rings. The molecular weight excluding hydrogens is 328 g/mol. The highest BCUT2D eigenvalue weighted by molar-refractivity contribution is 5.96. The molecule has 3 rings (SSSR count). The zero-order valence-electron chi connectivity index (χ0n) is 16.5. The van der Waals surface area contributed by atoms with Gasteiger partial charge in [0.1, 0.15) is 13.1 Å². The molecule has 1 aromatic rings. The van der Waals surface area contributed by atoms with Gasteiger partial charge >= 0.3 is 0 Å². The summed E-state index contributed by atoms with van der Waals surface area (Å²) in [7, 11) is 1.91. The standard InChI is InChI=1S/C20H32N4O2/c1-16-19(17(2)22(3)21-16)20(25)24(15-18-7-5-4-6-8-18)10-9-23-11-13-26-14-12-23/h4-5,18H,6-15H2,1-3H3/p+1/t18-/m0/s1. The lowest BCUT2D eigenvalue weighted by Gasteiger charge is -2.31. The number of quaternary nitrogens is 1. The van der Waals surface area contributed by atoms with Gasteiger partial charge in [0, 0.05) is 19.3 Å². The molecule has 1 saturated heterocycles. The topological polar surface area (TPSA) is 51.8 Å². The zero-order valence-corrected chi connectivity index (χ0v) is 16.5. The van der Waals surface area contributed by atoms with E-state index in [1.54, 1.807) is 0 Å². The molecule has 0 spiro atoms. The molecule has 0 unspecified atom stereocenters. The largest absolute Gasteiger partial charge is 0.370 e. The van der Waals surface area contributed by atoms with E-state index in [1.807, 2.05) is 25.6 Å². The molecule has 6 nitrogen and oxygen atoms in total. The van der Waals surface area contributed by atoms with E-state index < -0.39 is 0 Å². The number of rotatable bonds is 6. The second-order valence-corrected chi connectivity index (χ2v) is 7.68. The SMILES string of the molecule is Cc1nn(C)c(C)c1C(=O)N(CC[NH+]1CCOCC1)C[C@H]1CC=CCC1. The van der Waals surface area contributed by atoms with Crippen molar-refractivity contribution in [2.45, 2.75) is 33.1 Å². The van der Waals surface area contributed by atoms with Gasteiger partial charge in [-0.25, -0.2) is 0 Å². The Hall–Kier alpha value is -1.66. The summed E-state index contributed by atoms with van der Waals surface area (Å²) in [6.45, 7) is 10.3. The molecule has 26 heavy (non-hydrogen) atoms. The van der Waals surface area contributed by atoms with Gasteiger partial charge in [0.15, 0.2) is 0 Å². The van der Waals surface area contributed by atoms with Gasteiger partial charge in [-0.05, 0) is 39.0 Å². The van der Waals surface area contributed by atoms with E-state index in [2.05, 4.69) is 22.2 Å². The summed E-state index contributed by atoms with van der Waals surface area (Å²) in [5, 5.41) is 4.45. The summed E-state index contributed by atoms with van der Waals surface area (Å²) in [5.41, 5.74) is 2.58. The fourth-order valence-electron chi connectivity index (χ4n) is 4.05. The fraction of sp³-hybridized carbons (Fsp3) is 0.700. The molecular formula is C20H33N4O2+. The van der Waals surface area contributed by atoms with Gasteiger partial charge in [0.25, 0.3) is 5.91 Å². The van der Waals surface area contributed by atoms with Crippen LogP contribution in [0.1, 0.15) is 41.0 Å². The van der Waals surface area contributed by atoms with Crippen molar-refractivity contribution in [2.24, 2.45) is 13.0 Å². The second kappa shape index (κ2) is 8.82. The van der Waals surface area contributed by atoms with Gasteiger partial charge in [-0.1, -0.05) is 12.2 Å². The first-order valence-corrected chi connectivity index (χ1v) is 9.92. The van der Waals surface area contributed by atoms with Crippen molar-refractivity contribution in [3.05, 3.63) is 29.1 Å². The monoisotopic (exact) mass is 361 g/mol. The number of carbonyl (C=O) groups is 1. The first kappa shape index (κ1) is 19.1. The fourth-order valence-corrected chi connectivity index (χ4v) is 4.05. The Morgan fingerprint density at radius 2 is 2.12 bits per heavy atom. The maximum absolute atomic E-state index is 13.4. The van der Waals surface area contributed by atoms with Crippen LogP contribution in [-0.2, 0) is 11.8 Å². The predicted octanol–water partition coefficient (Wildman–Crippen LogP) is 0.751. The lowest BCUT2D eigenvalue weighted by Crippen LogP contribution is -3.14. The van der Waals surface area contributed by atoms with Crippen LogP contribution in [0.5, 0.6) is 0 Å². The van der Waals surface area contributed by atoms with Crippen LogP contribution in [0.2, 0.25) is 0 Å². The van der Waals surface area contributed by atoms with Gasteiger partial charge in [0.05, 0.1) is 37.6 Å². The maximum Gasteiger partial charge on any atom is 0.257 e. The van der Waals surface area contributed by atoms with E-state index in [0.717, 1.165) is 75.7 Å². The average molecular weight is 362 g/mol. The van der Waals surface area contributed by atoms with Crippen LogP contribution >= 0.6 is 0 Å². The van der Waals surface area contributed by atoms with Gasteiger partial charge in [-0.2, -0.15) is 5.10 Å². The average Bonchev–Trinajstić information content (AvgIpc) is 2.91. The molecule has 0 aromatic carbocycles. The maximum atomic E-state index is 13.4. The normalized spacial score (nSPS) is 21.1. The summed E-state index contributed by atoms with van der Waals surface area (Å²) in [4.78, 5) is 17.0. The molecule has 1 atom stereocenters. The van der Waals surface area contributed by atoms with Crippen molar-refractivity contribution in [1.29, 1.82) is 0 Å². The molecule has 1 aromatic heterocycles. The number of nitrogens with zero attached hydrogens (tertiary/aromatic N) is 3. The van der Waals surface area contributed by atoms with E-state index in [4.69, 9.17) is 4.74 Å². The highest BCUT2D eigenvalue weighted by Gasteiger charge is 2.27. The summed E-state index contributed by atoms with van der Waals surface area (Å²) in [6.07, 6.45) is 7.92. The molecule has 2 aliphatic rings. The van der Waals surface area contributed by atoms with E-state index in [-0.39, 0.29) is 5.91 Å². The number of hydrogen-bond acceptors (Lipinski definition) is 3. The number of morpholine rings is 1. The minimum atomic E-state index is 0.148. The quantitative estimate of drug-likeness (QED) is 0.761. The molecule has 1 amide bonds. The predicted molar refractivity (Wildman–Crippen MR) is 101 cm³/mol. The number of ether oxygens (including phenoxy) is 1. The Kier molecular flexibility index (Phi) is 6.48. The van der Waals surface area contributed by atoms with Crippen molar-refractivity contribution in [3.63, 3.8) is 0 Å². The molecule has 0 saturated carbocycles. The van der Waals surface area contributed by atoms with Gasteiger partial charge < -0.3 is 14.5 Å². The second-order valence-electron chi connectivity index (χ2n) is 7.68. The van der Waals surface area contributed by atoms with Crippen LogP contribution in [-0.4, -0.2) is 66.5 Å². The highest BCUT2D eigenvalue weighted by atomic mass is 16.5. The van der Waals surface area contributed by atoms with Crippen molar-refractivity contribution in [2.75, 3.05) is 45.9 Å². The van der Waals surface area contributed by atoms with Crippen LogP contribution in [0.3, 0.4) is 0 Å². The van der Waals surface area contributed by atoms with Gasteiger partial charge in [0.2, 0.25) is 0 Å². The third-order valence-corrected chi connectivity index (χ3v) is 5.80. The molecule has 0 bridgehead atoms. The number of aryl methyl sites for hydroxylation is 2. The van der Waals surface area contributed by atoms with Crippen LogP contribution in [0.15, 0.2) is 12.2 Å². The molecule has 2 heterocycles. The summed E-state index contributed by atoms with van der Waals surface area (Å²) in [6, 6.07) is 0. The minimum absolute atomic E-state index is 0.148. The molecule has 0 radical (unpaired) electrons. The van der Waals surface area contributed by atoms with E-state index >= 15 is 0 Å². The number of carbonyl (C=O) groups excluding carboxylic acids is 1. The Bertz CT molecular complexity index is 646. The minimum Gasteiger partial charge on any atom is -0.370 e. The third kappa shape index (κ3) is 4.54. The number of aromatic nitrogens is 2. The van der Waals surface area contributed by atoms with Gasteiger partial charge in [-0.3, -0.25) is 9.48 Å². The smallest absolute Gasteiger partial charge is 0.257 e. The first-order valence-electron chi connectivity index (χ1n) is 9.92. The van der Waals surface area contributed by atoms with Crippen LogP contribution < -0.4 is 4.90 Å².